The van der Waals surface area contributed by atoms with Crippen molar-refractivity contribution in [3.05, 3.63) is 70.0 Å². The minimum atomic E-state index is -1.37. The molecule has 0 unspecified atom stereocenters. The number of nitrogens with one attached hydrogen (secondary N) is 2. The predicted octanol–water partition coefficient (Wildman–Crippen LogP) is 4.21. The lowest BCUT2D eigenvalue weighted by molar-refractivity contribution is -0.140. The third-order valence-corrected chi connectivity index (χ3v) is 7.59. The number of methoxy groups -OCH3 is 1. The second-order valence-electron chi connectivity index (χ2n) is 9.94. The zero-order valence-corrected chi connectivity index (χ0v) is 26.4. The molecule has 0 spiro atoms. The van der Waals surface area contributed by atoms with E-state index in [1.54, 1.807) is 39.0 Å². The Hall–Kier alpha value is -3.90. The Kier molecular flexibility index (Phi) is 14.9. The molecule has 0 aromatic heterocycles. The summed E-state index contributed by atoms with van der Waals surface area (Å²) in [6.45, 7) is 5.51. The minimum Gasteiger partial charge on any atom is -0.494 e. The molecule has 0 aliphatic heterocycles. The molecule has 10 nitrogen and oxygen atoms in total. The van der Waals surface area contributed by atoms with Gasteiger partial charge < -0.3 is 25.2 Å². The predicted molar refractivity (Wildman–Crippen MR) is 166 cm³/mol. The van der Waals surface area contributed by atoms with Crippen LogP contribution in [0.1, 0.15) is 43.9 Å². The van der Waals surface area contributed by atoms with Gasteiger partial charge in [-0.05, 0) is 48.7 Å². The Balaban J connectivity index is 2.13. The number of thioether (sulfide) groups is 1. The summed E-state index contributed by atoms with van der Waals surface area (Å²) in [6, 6.07) is 6.80. The maximum absolute atomic E-state index is 14.1. The van der Waals surface area contributed by atoms with Crippen LogP contribution in [0, 0.1) is 11.7 Å². The number of hydrogen-bond acceptors (Lipinski definition) is 8. The number of benzene rings is 2. The van der Waals surface area contributed by atoms with Crippen LogP contribution in [0.3, 0.4) is 0 Å². The molecule has 2 rings (SSSR count). The van der Waals surface area contributed by atoms with Crippen LogP contribution in [0.15, 0.2) is 42.5 Å². The van der Waals surface area contributed by atoms with Crippen molar-refractivity contribution in [1.29, 1.82) is 0 Å². The van der Waals surface area contributed by atoms with E-state index in [0.717, 1.165) is 11.8 Å². The molecule has 2 aromatic carbocycles. The van der Waals surface area contributed by atoms with Gasteiger partial charge in [-0.2, -0.15) is 0 Å². The van der Waals surface area contributed by atoms with E-state index in [2.05, 4.69) is 15.4 Å². The van der Waals surface area contributed by atoms with Crippen LogP contribution in [0.25, 0.3) is 6.08 Å². The van der Waals surface area contributed by atoms with Crippen molar-refractivity contribution in [2.75, 3.05) is 19.5 Å². The van der Waals surface area contributed by atoms with Gasteiger partial charge in [0.15, 0.2) is 5.78 Å². The molecule has 0 saturated heterocycles. The van der Waals surface area contributed by atoms with Crippen molar-refractivity contribution < 1.29 is 42.9 Å². The number of carbonyl (C=O) groups is 5. The average molecular weight is 651 g/mol. The van der Waals surface area contributed by atoms with Gasteiger partial charge in [-0.3, -0.25) is 19.2 Å². The summed E-state index contributed by atoms with van der Waals surface area (Å²) in [7, 11) is 1.26. The highest BCUT2D eigenvalue weighted by molar-refractivity contribution is 7.99. The van der Waals surface area contributed by atoms with Crippen LogP contribution < -0.4 is 15.4 Å². The first-order valence-electron chi connectivity index (χ1n) is 13.7. The fraction of sp³-hybridized carbons (Fsp3) is 0.387. The van der Waals surface area contributed by atoms with E-state index in [0.29, 0.717) is 23.5 Å². The van der Waals surface area contributed by atoms with Crippen molar-refractivity contribution >= 4 is 59.0 Å². The fourth-order valence-electron chi connectivity index (χ4n) is 4.01. The largest absolute Gasteiger partial charge is 0.494 e. The van der Waals surface area contributed by atoms with Crippen molar-refractivity contribution in [2.24, 2.45) is 5.92 Å². The van der Waals surface area contributed by atoms with Crippen LogP contribution in [-0.2, 0) is 40.9 Å². The Morgan fingerprint density at radius 1 is 1.11 bits per heavy atom. The van der Waals surface area contributed by atoms with E-state index in [9.17, 15) is 33.5 Å². The standard InChI is InChI=1S/C31H36ClFN2O8S/c1-5-43-26-11-9-19(10-12-29(40)42-4)13-20(26)14-27(37)35-30(18(2)3)31(41)34-24(15-28(38)39)25(36)17-44-16-21-22(32)7-6-8-23(21)33/h6-13,18,24,30H,5,14-17H2,1-4H3,(H,34,41)(H,35,37)(H,38,39)/b12-10+/t24-,30-/m0/s1. The second-order valence-corrected chi connectivity index (χ2v) is 11.3. The van der Waals surface area contributed by atoms with Gasteiger partial charge in [-0.15, -0.1) is 11.8 Å². The summed E-state index contributed by atoms with van der Waals surface area (Å²) in [4.78, 5) is 62.2. The second kappa shape index (κ2) is 18.0. The highest BCUT2D eigenvalue weighted by Gasteiger charge is 2.30. The number of Topliss-reactive ketones (excluding diaryl/α,β-unsaturated/α-hetero) is 1. The fourth-order valence-corrected chi connectivity index (χ4v) is 5.32. The van der Waals surface area contributed by atoms with E-state index in [4.69, 9.17) is 16.3 Å². The number of hydrogen-bond donors (Lipinski definition) is 3. The first-order valence-corrected chi connectivity index (χ1v) is 15.3. The van der Waals surface area contributed by atoms with E-state index in [-0.39, 0.29) is 28.5 Å². The van der Waals surface area contributed by atoms with Gasteiger partial charge in [-0.1, -0.05) is 37.6 Å². The lowest BCUT2D eigenvalue weighted by atomic mass is 10.0. The van der Waals surface area contributed by atoms with E-state index in [1.165, 1.54) is 37.5 Å². The molecule has 0 aliphatic rings. The van der Waals surface area contributed by atoms with Crippen LogP contribution in [0.4, 0.5) is 4.39 Å². The normalized spacial score (nSPS) is 12.4. The smallest absolute Gasteiger partial charge is 0.330 e. The molecule has 2 amide bonds. The number of ketones is 1. The van der Waals surface area contributed by atoms with Gasteiger partial charge in [0.25, 0.3) is 0 Å². The Labute approximate surface area is 264 Å². The van der Waals surface area contributed by atoms with Crippen LogP contribution >= 0.6 is 23.4 Å². The highest BCUT2D eigenvalue weighted by atomic mass is 35.5. The lowest BCUT2D eigenvalue weighted by Crippen LogP contribution is -2.54. The third kappa shape index (κ3) is 11.6. The molecule has 0 saturated carbocycles. The van der Waals surface area contributed by atoms with Crippen molar-refractivity contribution in [3.8, 4) is 5.75 Å². The molecule has 13 heteroatoms. The quantitative estimate of drug-likeness (QED) is 0.169. The van der Waals surface area contributed by atoms with Crippen molar-refractivity contribution in [3.63, 3.8) is 0 Å². The molecular weight excluding hydrogens is 615 g/mol. The Morgan fingerprint density at radius 2 is 1.84 bits per heavy atom. The van der Waals surface area contributed by atoms with Gasteiger partial charge >= 0.3 is 11.9 Å². The molecule has 3 N–H and O–H groups in total. The van der Waals surface area contributed by atoms with Crippen molar-refractivity contribution in [2.45, 2.75) is 51.4 Å². The van der Waals surface area contributed by atoms with Crippen molar-refractivity contribution in [1.82, 2.24) is 10.6 Å². The number of esters is 1. The maximum atomic E-state index is 14.1. The third-order valence-electron chi connectivity index (χ3n) is 6.25. The van der Waals surface area contributed by atoms with E-state index < -0.39 is 59.8 Å². The van der Waals surface area contributed by atoms with Crippen LogP contribution in [0.5, 0.6) is 5.75 Å². The minimum absolute atomic E-state index is 0.0685. The SMILES string of the molecule is CCOc1ccc(/C=C/C(=O)OC)cc1CC(=O)N[C@H](C(=O)N[C@@H](CC(=O)O)C(=O)CSCc1c(F)cccc1Cl)C(C)C. The first kappa shape index (κ1) is 36.3. The topological polar surface area (TPSA) is 148 Å². The summed E-state index contributed by atoms with van der Waals surface area (Å²) in [6.07, 6.45) is 1.92. The molecule has 0 heterocycles. The van der Waals surface area contributed by atoms with E-state index in [1.807, 2.05) is 0 Å². The number of amides is 2. The van der Waals surface area contributed by atoms with Gasteiger partial charge in [0.05, 0.1) is 38.4 Å². The Morgan fingerprint density at radius 3 is 2.45 bits per heavy atom. The maximum Gasteiger partial charge on any atom is 0.330 e. The highest BCUT2D eigenvalue weighted by Crippen LogP contribution is 2.25. The summed E-state index contributed by atoms with van der Waals surface area (Å²) in [5, 5.41) is 14.7. The Bertz CT molecular complexity index is 1360. The number of carbonyl (C=O) groups excluding carboxylic acids is 4. The number of rotatable bonds is 17. The molecule has 0 bridgehead atoms. The molecule has 44 heavy (non-hydrogen) atoms. The summed E-state index contributed by atoms with van der Waals surface area (Å²) < 4.78 is 24.3. The first-order chi connectivity index (χ1) is 20.9. The number of aliphatic carboxylic acids is 1. The number of carboxylic acids is 1. The molecule has 0 fully saturated rings. The van der Waals surface area contributed by atoms with Gasteiger partial charge in [-0.25, -0.2) is 9.18 Å². The zero-order chi connectivity index (χ0) is 32.8. The van der Waals surface area contributed by atoms with Gasteiger partial charge in [0.1, 0.15) is 17.6 Å². The van der Waals surface area contributed by atoms with Crippen LogP contribution in [0.2, 0.25) is 5.02 Å². The zero-order valence-electron chi connectivity index (χ0n) is 24.9. The summed E-state index contributed by atoms with van der Waals surface area (Å²) in [5.41, 5.74) is 1.33. The molecule has 0 radical (unpaired) electrons. The monoisotopic (exact) mass is 650 g/mol. The molecule has 0 aliphatic carbocycles. The number of carboxylic acid groups (broad SMARTS) is 1. The number of halogens is 2. The van der Waals surface area contributed by atoms with E-state index >= 15 is 0 Å². The van der Waals surface area contributed by atoms with Gasteiger partial charge in [0.2, 0.25) is 11.8 Å². The van der Waals surface area contributed by atoms with Gasteiger partial charge in [0, 0.05) is 28.0 Å². The lowest BCUT2D eigenvalue weighted by Gasteiger charge is -2.25. The molecule has 2 atom stereocenters. The summed E-state index contributed by atoms with van der Waals surface area (Å²) in [5.74, 6) is -4.31. The molecule has 238 valence electrons. The number of ether oxygens (including phenoxy) is 2. The molecule has 2 aromatic rings. The van der Waals surface area contributed by atoms with Crippen LogP contribution in [-0.4, -0.2) is 66.2 Å². The summed E-state index contributed by atoms with van der Waals surface area (Å²) >= 11 is 7.06. The molecular formula is C31H36ClFN2O8S. The average Bonchev–Trinajstić information content (AvgIpc) is 2.96.